The van der Waals surface area contributed by atoms with Gasteiger partial charge in [-0.05, 0) is 36.7 Å². The summed E-state index contributed by atoms with van der Waals surface area (Å²) in [4.78, 5) is 0. The Labute approximate surface area is 128 Å². The molecule has 0 radical (unpaired) electrons. The van der Waals surface area contributed by atoms with Crippen LogP contribution in [0.2, 0.25) is 5.02 Å². The Balaban J connectivity index is 2.27. The van der Waals surface area contributed by atoms with Gasteiger partial charge in [0, 0.05) is 23.6 Å². The van der Waals surface area contributed by atoms with E-state index in [0.29, 0.717) is 35.9 Å². The van der Waals surface area contributed by atoms with Crippen LogP contribution in [0.25, 0.3) is 0 Å². The number of nitriles is 1. The van der Waals surface area contributed by atoms with Crippen LogP contribution in [0.4, 0.5) is 0 Å². The van der Waals surface area contributed by atoms with Gasteiger partial charge in [0.15, 0.2) is 0 Å². The highest BCUT2D eigenvalue weighted by molar-refractivity contribution is 6.30. The van der Waals surface area contributed by atoms with Gasteiger partial charge < -0.3 is 14.9 Å². The Morgan fingerprint density at radius 3 is 2.90 bits per heavy atom. The predicted octanol–water partition coefficient (Wildman–Crippen LogP) is 2.30. The number of hydrogen-bond acceptors (Lipinski definition) is 5. The van der Waals surface area contributed by atoms with E-state index in [-0.39, 0.29) is 12.5 Å². The Kier molecular flexibility index (Phi) is 5.76. The largest absolute Gasteiger partial charge is 0.395 e. The molecule has 21 heavy (non-hydrogen) atoms. The van der Waals surface area contributed by atoms with Crippen LogP contribution in [0.1, 0.15) is 29.2 Å². The summed E-state index contributed by atoms with van der Waals surface area (Å²) in [5.41, 5.74) is 1.40. The van der Waals surface area contributed by atoms with Crippen LogP contribution in [0, 0.1) is 11.3 Å². The second-order valence-corrected chi connectivity index (χ2v) is 5.01. The van der Waals surface area contributed by atoms with Gasteiger partial charge in [0.25, 0.3) is 0 Å². The van der Waals surface area contributed by atoms with Crippen molar-refractivity contribution >= 4 is 11.6 Å². The number of benzene rings is 1. The number of hydrogen-bond donors (Lipinski definition) is 2. The van der Waals surface area contributed by atoms with Gasteiger partial charge in [0.2, 0.25) is 0 Å². The van der Waals surface area contributed by atoms with Gasteiger partial charge in [0.05, 0.1) is 24.4 Å². The molecule has 0 aliphatic carbocycles. The molecule has 0 aliphatic rings. The molecule has 2 rings (SSSR count). The molecule has 6 heteroatoms. The number of aliphatic hydroxyl groups is 1. The predicted molar refractivity (Wildman–Crippen MR) is 79.1 cm³/mol. The first-order valence-electron chi connectivity index (χ1n) is 6.68. The lowest BCUT2D eigenvalue weighted by Gasteiger charge is -2.16. The van der Waals surface area contributed by atoms with Crippen LogP contribution in [0.3, 0.4) is 0 Å². The quantitative estimate of drug-likeness (QED) is 0.767. The number of nitrogens with zero attached hydrogens (tertiary/aromatic N) is 2. The second kappa shape index (κ2) is 7.79. The molecule has 0 aliphatic heterocycles. The lowest BCUT2D eigenvalue weighted by molar-refractivity contribution is 0.291. The number of nitrogens with one attached hydrogen (secondary N) is 1. The number of rotatable bonds is 7. The molecule has 110 valence electrons. The maximum atomic E-state index is 9.28. The van der Waals surface area contributed by atoms with E-state index in [9.17, 15) is 5.26 Å². The molecule has 2 aromatic rings. The normalized spacial score (nSPS) is 12.0. The van der Waals surface area contributed by atoms with Crippen molar-refractivity contribution in [2.45, 2.75) is 12.3 Å². The Morgan fingerprint density at radius 1 is 1.38 bits per heavy atom. The van der Waals surface area contributed by atoms with Crippen LogP contribution in [0.5, 0.6) is 0 Å². The van der Waals surface area contributed by atoms with E-state index in [4.69, 9.17) is 21.2 Å². The van der Waals surface area contributed by atoms with Crippen LogP contribution < -0.4 is 5.32 Å². The highest BCUT2D eigenvalue weighted by atomic mass is 35.5. The van der Waals surface area contributed by atoms with E-state index in [0.717, 1.165) is 5.56 Å². The third-order valence-electron chi connectivity index (χ3n) is 3.21. The second-order valence-electron chi connectivity index (χ2n) is 4.57. The fourth-order valence-electron chi connectivity index (χ4n) is 2.23. The molecule has 0 saturated heterocycles. The van der Waals surface area contributed by atoms with Crippen LogP contribution >= 0.6 is 11.6 Å². The average Bonchev–Trinajstić information content (AvgIpc) is 3.01. The standard InChI is InChI=1S/C15H16ClN3O2/c16-12-2-1-11(10-17)14(9-12)13(3-5-18-7-8-20)15-4-6-19-21-15/h1-2,4,6,9,13,18,20H,3,5,7-8H2. The molecule has 1 atom stereocenters. The number of aliphatic hydroxyl groups excluding tert-OH is 1. The minimum atomic E-state index is -0.105. The Bertz CT molecular complexity index is 608. The molecule has 1 unspecified atom stereocenters. The fourth-order valence-corrected chi connectivity index (χ4v) is 2.41. The summed E-state index contributed by atoms with van der Waals surface area (Å²) in [6.45, 7) is 1.31. The van der Waals surface area contributed by atoms with Gasteiger partial charge in [-0.15, -0.1) is 0 Å². The highest BCUT2D eigenvalue weighted by Crippen LogP contribution is 2.31. The van der Waals surface area contributed by atoms with Gasteiger partial charge in [-0.3, -0.25) is 0 Å². The SMILES string of the molecule is N#Cc1ccc(Cl)cc1C(CCNCCO)c1ccno1. The Morgan fingerprint density at radius 2 is 2.24 bits per heavy atom. The molecule has 1 aromatic carbocycles. The van der Waals surface area contributed by atoms with Crippen molar-refractivity contribution in [3.63, 3.8) is 0 Å². The summed E-state index contributed by atoms with van der Waals surface area (Å²) in [6, 6.07) is 9.18. The van der Waals surface area contributed by atoms with Gasteiger partial charge >= 0.3 is 0 Å². The lowest BCUT2D eigenvalue weighted by Crippen LogP contribution is -2.21. The zero-order valence-corrected chi connectivity index (χ0v) is 12.2. The molecule has 5 nitrogen and oxygen atoms in total. The van der Waals surface area contributed by atoms with Crippen molar-refractivity contribution in [1.29, 1.82) is 5.26 Å². The Hall–Kier alpha value is -1.87. The fraction of sp³-hybridized carbons (Fsp3) is 0.333. The summed E-state index contributed by atoms with van der Waals surface area (Å²) in [7, 11) is 0. The van der Waals surface area contributed by atoms with Crippen molar-refractivity contribution in [3.8, 4) is 6.07 Å². The first-order chi connectivity index (χ1) is 10.3. The molecule has 0 fully saturated rings. The minimum absolute atomic E-state index is 0.0909. The maximum absolute atomic E-state index is 9.28. The topological polar surface area (TPSA) is 82.1 Å². The summed E-state index contributed by atoms with van der Waals surface area (Å²) >= 11 is 6.06. The molecule has 0 amide bonds. The first kappa shape index (κ1) is 15.5. The third-order valence-corrected chi connectivity index (χ3v) is 3.44. The lowest BCUT2D eigenvalue weighted by atomic mass is 9.90. The van der Waals surface area contributed by atoms with E-state index in [1.165, 1.54) is 0 Å². The summed E-state index contributed by atoms with van der Waals surface area (Å²) in [6.07, 6.45) is 2.30. The van der Waals surface area contributed by atoms with Crippen LogP contribution in [-0.4, -0.2) is 30.0 Å². The maximum Gasteiger partial charge on any atom is 0.144 e. The van der Waals surface area contributed by atoms with Gasteiger partial charge in [-0.2, -0.15) is 5.26 Å². The summed E-state index contributed by atoms with van der Waals surface area (Å²) in [5.74, 6) is 0.589. The zero-order valence-electron chi connectivity index (χ0n) is 11.4. The van der Waals surface area contributed by atoms with E-state index in [1.807, 2.05) is 0 Å². The molecule has 0 bridgehead atoms. The average molecular weight is 306 g/mol. The molecule has 2 N–H and O–H groups in total. The van der Waals surface area contributed by atoms with Gasteiger partial charge in [-0.25, -0.2) is 0 Å². The van der Waals surface area contributed by atoms with Crippen molar-refractivity contribution in [2.75, 3.05) is 19.7 Å². The summed E-state index contributed by atoms with van der Waals surface area (Å²) < 4.78 is 5.27. The minimum Gasteiger partial charge on any atom is -0.395 e. The smallest absolute Gasteiger partial charge is 0.144 e. The van der Waals surface area contributed by atoms with E-state index < -0.39 is 0 Å². The molecule has 1 heterocycles. The van der Waals surface area contributed by atoms with Crippen LogP contribution in [0.15, 0.2) is 35.0 Å². The van der Waals surface area contributed by atoms with Crippen molar-refractivity contribution in [3.05, 3.63) is 52.4 Å². The van der Waals surface area contributed by atoms with Crippen molar-refractivity contribution < 1.29 is 9.63 Å². The van der Waals surface area contributed by atoms with E-state index >= 15 is 0 Å². The van der Waals surface area contributed by atoms with Gasteiger partial charge in [0.1, 0.15) is 5.76 Å². The van der Waals surface area contributed by atoms with Crippen LogP contribution in [-0.2, 0) is 0 Å². The molecule has 1 aromatic heterocycles. The molecule has 0 saturated carbocycles. The highest BCUT2D eigenvalue weighted by Gasteiger charge is 2.21. The number of aromatic nitrogens is 1. The zero-order chi connectivity index (χ0) is 15.1. The van der Waals surface area contributed by atoms with E-state index in [2.05, 4.69) is 16.5 Å². The molecular weight excluding hydrogens is 290 g/mol. The van der Waals surface area contributed by atoms with Crippen molar-refractivity contribution in [2.24, 2.45) is 0 Å². The van der Waals surface area contributed by atoms with Gasteiger partial charge in [-0.1, -0.05) is 16.8 Å². The number of halogens is 1. The van der Waals surface area contributed by atoms with Crippen molar-refractivity contribution in [1.82, 2.24) is 10.5 Å². The molecular formula is C15H16ClN3O2. The first-order valence-corrected chi connectivity index (χ1v) is 7.05. The third kappa shape index (κ3) is 4.05. The van der Waals surface area contributed by atoms with E-state index in [1.54, 1.807) is 30.5 Å². The molecule has 0 spiro atoms. The summed E-state index contributed by atoms with van der Waals surface area (Å²) in [5, 5.41) is 25.5. The monoisotopic (exact) mass is 305 g/mol.